The third-order valence-electron chi connectivity index (χ3n) is 12.9. The van der Waals surface area contributed by atoms with E-state index in [1.165, 1.54) is 29.2 Å². The highest BCUT2D eigenvalue weighted by atomic mass is 32.2. The number of allylic oxidation sites excluding steroid dienone is 1. The number of furan rings is 1. The summed E-state index contributed by atoms with van der Waals surface area (Å²) in [7, 11) is -3.94. The standard InChI is InChI=1S/C49H53FN6O8S/c1-48(2,3)31-19-17-30(18-20-31)43-52-41-36-12-9-10-14-39(36)64-42(41)45(53-43)63-34-26-38-44(58)54-49(47(60)55-65(61,62)35-23-24-35)27-32(49)11-7-5-4-6-8-13-37(46(59)56(38)28-34)51-40(57)25-29-15-21-33(50)22-16-29/h7,9-12,14-22,32,34-35,37-38H,4-6,8,13,23-28H2,1-3H3,(H,51,57)(H,54,58)(H,55,60)/b11-7-/t32-,34-,37+,38+,49-/m1/s1. The third kappa shape index (κ3) is 9.36. The fourth-order valence-electron chi connectivity index (χ4n) is 8.93. The number of benzene rings is 3. The molecule has 0 spiro atoms. The number of halogens is 1. The lowest BCUT2D eigenvalue weighted by molar-refractivity contribution is -0.142. The number of carbonyl (C=O) groups excluding carboxylic acids is 4. The first-order chi connectivity index (χ1) is 31.1. The minimum atomic E-state index is -3.94. The minimum absolute atomic E-state index is 0.0340. The van der Waals surface area contributed by atoms with Crippen molar-refractivity contribution in [3.63, 3.8) is 0 Å². The molecule has 16 heteroatoms. The van der Waals surface area contributed by atoms with Gasteiger partial charge in [-0.3, -0.25) is 23.9 Å². The normalized spacial score (nSPS) is 24.6. The molecule has 4 amide bonds. The summed E-state index contributed by atoms with van der Waals surface area (Å²) in [6.45, 7) is 6.30. The molecule has 9 rings (SSSR count). The zero-order valence-electron chi connectivity index (χ0n) is 36.6. The molecule has 14 nitrogen and oxygen atoms in total. The molecule has 65 heavy (non-hydrogen) atoms. The number of rotatable bonds is 9. The Labute approximate surface area is 376 Å². The van der Waals surface area contributed by atoms with Crippen molar-refractivity contribution in [2.75, 3.05) is 6.54 Å². The van der Waals surface area contributed by atoms with Crippen LogP contribution in [0.3, 0.4) is 0 Å². The third-order valence-corrected chi connectivity index (χ3v) is 14.8. The number of para-hydroxylation sites is 1. The summed E-state index contributed by atoms with van der Waals surface area (Å²) in [4.78, 5) is 68.3. The molecule has 3 fully saturated rings. The van der Waals surface area contributed by atoms with Gasteiger partial charge in [-0.2, -0.15) is 4.98 Å². The molecule has 0 unspecified atom stereocenters. The molecule has 5 atom stereocenters. The Kier molecular flexibility index (Phi) is 11.7. The molecule has 2 saturated carbocycles. The van der Waals surface area contributed by atoms with Crippen LogP contribution in [0.2, 0.25) is 0 Å². The van der Waals surface area contributed by atoms with E-state index in [2.05, 4.69) is 36.1 Å². The van der Waals surface area contributed by atoms with Gasteiger partial charge in [0.1, 0.15) is 40.6 Å². The Balaban J connectivity index is 1.06. The predicted octanol–water partition coefficient (Wildman–Crippen LogP) is 6.56. The molecule has 4 aliphatic rings. The summed E-state index contributed by atoms with van der Waals surface area (Å²) in [5.74, 6) is -2.87. The van der Waals surface area contributed by atoms with Crippen molar-refractivity contribution in [1.29, 1.82) is 0 Å². The number of nitrogens with zero attached hydrogens (tertiary/aromatic N) is 3. The van der Waals surface area contributed by atoms with Crippen LogP contribution < -0.4 is 20.1 Å². The maximum absolute atomic E-state index is 14.9. The quantitative estimate of drug-likeness (QED) is 0.137. The number of ether oxygens (including phenoxy) is 1. The number of aromatic nitrogens is 2. The predicted molar refractivity (Wildman–Crippen MR) is 241 cm³/mol. The fourth-order valence-corrected chi connectivity index (χ4v) is 10.3. The zero-order valence-corrected chi connectivity index (χ0v) is 37.5. The highest BCUT2D eigenvalue weighted by Gasteiger charge is 2.62. The molecule has 3 aromatic carbocycles. The lowest BCUT2D eigenvalue weighted by Crippen LogP contribution is -2.58. The summed E-state index contributed by atoms with van der Waals surface area (Å²) >= 11 is 0. The molecule has 0 bridgehead atoms. The van der Waals surface area contributed by atoms with E-state index in [0.29, 0.717) is 48.2 Å². The summed E-state index contributed by atoms with van der Waals surface area (Å²) in [6, 6.07) is 18.7. The summed E-state index contributed by atoms with van der Waals surface area (Å²) in [6.07, 6.45) is 6.92. The number of hydrogen-bond donors (Lipinski definition) is 3. The second-order valence-corrected chi connectivity index (χ2v) is 20.8. The van der Waals surface area contributed by atoms with Crippen molar-refractivity contribution in [2.45, 2.75) is 119 Å². The second kappa shape index (κ2) is 17.3. The van der Waals surface area contributed by atoms with Crippen molar-refractivity contribution < 1.29 is 41.1 Å². The van der Waals surface area contributed by atoms with Gasteiger partial charge in [0.05, 0.1) is 18.2 Å². The molecule has 3 N–H and O–H groups in total. The van der Waals surface area contributed by atoms with E-state index in [1.54, 1.807) is 0 Å². The molecule has 2 aliphatic heterocycles. The summed E-state index contributed by atoms with van der Waals surface area (Å²) < 4.78 is 54.9. The molecular weight excluding hydrogens is 852 g/mol. The Morgan fingerprint density at radius 2 is 1.72 bits per heavy atom. The van der Waals surface area contributed by atoms with Gasteiger partial charge in [-0.25, -0.2) is 17.8 Å². The molecule has 0 radical (unpaired) electrons. The smallest absolute Gasteiger partial charge is 0.262 e. The number of amides is 4. The Hall–Kier alpha value is -6.16. The van der Waals surface area contributed by atoms with Crippen molar-refractivity contribution in [1.82, 2.24) is 30.2 Å². The van der Waals surface area contributed by atoms with Gasteiger partial charge in [-0.05, 0) is 79.3 Å². The molecule has 4 heterocycles. The SMILES string of the molecule is CC(C)(C)c1ccc(-c2nc(O[C@@H]3C[C@H]4C(=O)N[C@]5(C(=O)NS(=O)(=O)C6CC6)C[C@H]5/C=C\CCCCC[C@H](NC(=O)Cc5ccc(F)cc5)C(=O)N4C3)c3oc4ccccc4c3n2)cc1. The average molecular weight is 905 g/mol. The van der Waals surface area contributed by atoms with Crippen LogP contribution in [0.25, 0.3) is 33.5 Å². The topological polar surface area (TPSA) is 190 Å². The lowest BCUT2D eigenvalue weighted by atomic mass is 9.87. The van der Waals surface area contributed by atoms with E-state index in [9.17, 15) is 32.0 Å². The van der Waals surface area contributed by atoms with Crippen LogP contribution in [0.15, 0.2) is 89.4 Å². The van der Waals surface area contributed by atoms with Crippen molar-refractivity contribution in [2.24, 2.45) is 5.92 Å². The largest absolute Gasteiger partial charge is 0.470 e. The van der Waals surface area contributed by atoms with Gasteiger partial charge in [-0.15, -0.1) is 0 Å². The number of sulfonamides is 1. The van der Waals surface area contributed by atoms with Gasteiger partial charge >= 0.3 is 0 Å². The second-order valence-electron chi connectivity index (χ2n) is 18.9. The Morgan fingerprint density at radius 1 is 0.969 bits per heavy atom. The van der Waals surface area contributed by atoms with Gasteiger partial charge in [0.2, 0.25) is 33.3 Å². The van der Waals surface area contributed by atoms with E-state index in [4.69, 9.17) is 19.1 Å². The van der Waals surface area contributed by atoms with Crippen LogP contribution in [0, 0.1) is 11.7 Å². The molecule has 2 aliphatic carbocycles. The maximum Gasteiger partial charge on any atom is 0.262 e. The Morgan fingerprint density at radius 3 is 2.46 bits per heavy atom. The number of hydrogen-bond acceptors (Lipinski definition) is 10. The van der Waals surface area contributed by atoms with E-state index in [1.807, 2.05) is 60.7 Å². The number of nitrogens with one attached hydrogen (secondary N) is 3. The first-order valence-electron chi connectivity index (χ1n) is 22.4. The minimum Gasteiger partial charge on any atom is -0.470 e. The van der Waals surface area contributed by atoms with Crippen molar-refractivity contribution >= 4 is 55.7 Å². The lowest BCUT2D eigenvalue weighted by Gasteiger charge is -2.30. The highest BCUT2D eigenvalue weighted by Crippen LogP contribution is 2.46. The van der Waals surface area contributed by atoms with Crippen LogP contribution in [0.4, 0.5) is 4.39 Å². The van der Waals surface area contributed by atoms with Crippen molar-refractivity contribution in [3.8, 4) is 17.3 Å². The molecular formula is C49H53FN6O8S. The average Bonchev–Trinajstić information content (AvgIpc) is 4.17. The van der Waals surface area contributed by atoms with Crippen molar-refractivity contribution in [3.05, 3.63) is 102 Å². The Bertz CT molecular complexity index is 2800. The zero-order chi connectivity index (χ0) is 45.7. The first kappa shape index (κ1) is 44.1. The van der Waals surface area contributed by atoms with Gasteiger partial charge in [0, 0.05) is 23.3 Å². The van der Waals surface area contributed by atoms with E-state index >= 15 is 0 Å². The maximum atomic E-state index is 14.9. The van der Waals surface area contributed by atoms with Gasteiger partial charge in [0.25, 0.3) is 11.8 Å². The molecule has 5 aromatic rings. The van der Waals surface area contributed by atoms with Crippen LogP contribution in [0.5, 0.6) is 5.88 Å². The number of fused-ring (bicyclic) bond motifs is 5. The van der Waals surface area contributed by atoms with Crippen LogP contribution in [0.1, 0.15) is 89.7 Å². The highest BCUT2D eigenvalue weighted by molar-refractivity contribution is 7.91. The van der Waals surface area contributed by atoms with E-state index < -0.39 is 74.4 Å². The van der Waals surface area contributed by atoms with Crippen LogP contribution in [-0.4, -0.2) is 82.4 Å². The summed E-state index contributed by atoms with van der Waals surface area (Å²) in [5.41, 5.74) is 2.16. The van der Waals surface area contributed by atoms with Gasteiger partial charge in [-0.1, -0.05) is 94.3 Å². The molecule has 1 saturated heterocycles. The molecule has 2 aromatic heterocycles. The number of carbonyl (C=O) groups is 4. The van der Waals surface area contributed by atoms with Crippen LogP contribution in [-0.2, 0) is 41.0 Å². The van der Waals surface area contributed by atoms with Gasteiger partial charge < -0.3 is 24.7 Å². The first-order valence-corrected chi connectivity index (χ1v) is 24.0. The molecule has 340 valence electrons. The van der Waals surface area contributed by atoms with Crippen LogP contribution >= 0.6 is 0 Å². The van der Waals surface area contributed by atoms with E-state index in [0.717, 1.165) is 29.4 Å². The van der Waals surface area contributed by atoms with Gasteiger partial charge in [0.15, 0.2) is 5.82 Å². The van der Waals surface area contributed by atoms with E-state index in [-0.39, 0.29) is 49.1 Å². The fraction of sp³-hybridized carbons (Fsp3) is 0.429. The summed E-state index contributed by atoms with van der Waals surface area (Å²) in [5, 5.41) is 5.89. The monoisotopic (exact) mass is 904 g/mol.